The lowest BCUT2D eigenvalue weighted by Crippen LogP contribution is -2.51. The van der Waals surface area contributed by atoms with Crippen LogP contribution in [0, 0.1) is 17.8 Å². The van der Waals surface area contributed by atoms with Crippen LogP contribution < -0.4 is 5.32 Å². The normalized spacial score (nSPS) is 27.5. The van der Waals surface area contributed by atoms with Crippen LogP contribution in [0.4, 0.5) is 4.79 Å². The Bertz CT molecular complexity index is 793. The molecule has 0 spiro atoms. The first-order valence-electron chi connectivity index (χ1n) is 13.1. The summed E-state index contributed by atoms with van der Waals surface area (Å²) in [7, 11) is 1.31. The number of amides is 2. The molecule has 7 heteroatoms. The molecule has 3 fully saturated rings. The minimum absolute atomic E-state index is 0.0441. The zero-order chi connectivity index (χ0) is 23.4. The number of oxazole rings is 1. The Labute approximate surface area is 198 Å². The van der Waals surface area contributed by atoms with Crippen LogP contribution in [0.25, 0.3) is 0 Å². The summed E-state index contributed by atoms with van der Waals surface area (Å²) in [5.74, 6) is 2.82. The van der Waals surface area contributed by atoms with Gasteiger partial charge in [-0.15, -0.1) is 0 Å². The standard InChI is InChI=1S/C26H41N3O4/c1-17(2)23(28-26(31)32-3)25(30)29-15-7-10-22(29)24-27-21(16-33-24)20-13-11-19(12-14-20)18-8-5-4-6-9-18/h16-20,22-23H,4-15H2,1-3H3,(H,28,31)/t19?,20?,22?,23-/m0/s1. The molecule has 1 unspecified atom stereocenters. The number of ether oxygens (including phenoxy) is 1. The third-order valence-electron chi connectivity index (χ3n) is 8.26. The molecule has 0 aromatic carbocycles. The van der Waals surface area contributed by atoms with Crippen molar-refractivity contribution in [2.75, 3.05) is 13.7 Å². The van der Waals surface area contributed by atoms with Gasteiger partial charge in [0.1, 0.15) is 18.3 Å². The average molecular weight is 460 g/mol. The number of hydrogen-bond acceptors (Lipinski definition) is 5. The highest BCUT2D eigenvalue weighted by Crippen LogP contribution is 2.43. The first-order chi connectivity index (χ1) is 16.0. The molecule has 1 aromatic heterocycles. The molecule has 4 rings (SSSR count). The van der Waals surface area contributed by atoms with Crippen LogP contribution >= 0.6 is 0 Å². The number of aromatic nitrogens is 1. The maximum Gasteiger partial charge on any atom is 0.407 e. The van der Waals surface area contributed by atoms with Gasteiger partial charge in [0.2, 0.25) is 11.8 Å². The zero-order valence-electron chi connectivity index (χ0n) is 20.6. The Morgan fingerprint density at radius 2 is 1.73 bits per heavy atom. The lowest BCUT2D eigenvalue weighted by atomic mass is 9.70. The summed E-state index contributed by atoms with van der Waals surface area (Å²) < 4.78 is 10.7. The molecule has 2 atom stereocenters. The number of carbonyl (C=O) groups is 2. The number of methoxy groups -OCH3 is 1. The van der Waals surface area contributed by atoms with E-state index in [9.17, 15) is 9.59 Å². The van der Waals surface area contributed by atoms with Crippen LogP contribution in [0.5, 0.6) is 0 Å². The predicted octanol–water partition coefficient (Wildman–Crippen LogP) is 5.57. The molecule has 3 aliphatic rings. The number of carbonyl (C=O) groups excluding carboxylic acids is 2. The van der Waals surface area contributed by atoms with Crippen molar-refractivity contribution >= 4 is 12.0 Å². The first kappa shape index (κ1) is 24.1. The fourth-order valence-corrected chi connectivity index (χ4v) is 6.30. The van der Waals surface area contributed by atoms with E-state index in [0.717, 1.165) is 30.4 Å². The summed E-state index contributed by atoms with van der Waals surface area (Å²) in [4.78, 5) is 31.8. The van der Waals surface area contributed by atoms with Crippen LogP contribution in [-0.4, -0.2) is 41.6 Å². The maximum atomic E-state index is 13.3. The highest BCUT2D eigenvalue weighted by Gasteiger charge is 2.39. The molecule has 1 aliphatic heterocycles. The quantitative estimate of drug-likeness (QED) is 0.601. The number of nitrogens with zero attached hydrogens (tertiary/aromatic N) is 2. The van der Waals surface area contributed by atoms with Crippen molar-refractivity contribution in [1.29, 1.82) is 0 Å². The monoisotopic (exact) mass is 459 g/mol. The minimum atomic E-state index is -0.623. The minimum Gasteiger partial charge on any atom is -0.453 e. The van der Waals surface area contributed by atoms with Crippen LogP contribution in [-0.2, 0) is 9.53 Å². The number of hydrogen-bond donors (Lipinski definition) is 1. The molecule has 1 saturated heterocycles. The van der Waals surface area contributed by atoms with E-state index in [-0.39, 0.29) is 17.9 Å². The van der Waals surface area contributed by atoms with Crippen molar-refractivity contribution in [2.24, 2.45) is 17.8 Å². The van der Waals surface area contributed by atoms with E-state index in [0.29, 0.717) is 18.4 Å². The molecule has 1 aromatic rings. The molecule has 2 amide bonds. The highest BCUT2D eigenvalue weighted by molar-refractivity contribution is 5.86. The van der Waals surface area contributed by atoms with Crippen LogP contribution in [0.3, 0.4) is 0 Å². The summed E-state index contributed by atoms with van der Waals surface area (Å²) >= 11 is 0. The molecular formula is C26H41N3O4. The highest BCUT2D eigenvalue weighted by atomic mass is 16.5. The summed E-state index contributed by atoms with van der Waals surface area (Å²) in [5.41, 5.74) is 1.06. The number of rotatable bonds is 6. The summed E-state index contributed by atoms with van der Waals surface area (Å²) in [5, 5.41) is 2.70. The molecule has 1 N–H and O–H groups in total. The van der Waals surface area contributed by atoms with Gasteiger partial charge < -0.3 is 19.4 Å². The molecule has 0 bridgehead atoms. The number of likely N-dealkylation sites (tertiary alicyclic amines) is 1. The van der Waals surface area contributed by atoms with Crippen molar-refractivity contribution in [1.82, 2.24) is 15.2 Å². The third-order valence-corrected chi connectivity index (χ3v) is 8.26. The number of alkyl carbamates (subject to hydrolysis) is 1. The van der Waals surface area contributed by atoms with Gasteiger partial charge in [0.25, 0.3) is 0 Å². The Kier molecular flexibility index (Phi) is 7.97. The SMILES string of the molecule is COC(=O)N[C@H](C(=O)N1CCCC1c1nc(C2CCC(C3CCCCC3)CC2)co1)C(C)C. The fourth-order valence-electron chi connectivity index (χ4n) is 6.30. The van der Waals surface area contributed by atoms with Gasteiger partial charge in [-0.25, -0.2) is 9.78 Å². The van der Waals surface area contributed by atoms with Crippen molar-refractivity contribution in [2.45, 2.75) is 102 Å². The molecule has 184 valence electrons. The van der Waals surface area contributed by atoms with Gasteiger partial charge >= 0.3 is 6.09 Å². The van der Waals surface area contributed by atoms with Crippen LogP contribution in [0.2, 0.25) is 0 Å². The van der Waals surface area contributed by atoms with Crippen LogP contribution in [0.15, 0.2) is 10.7 Å². The van der Waals surface area contributed by atoms with Gasteiger partial charge in [-0.1, -0.05) is 46.0 Å². The number of nitrogens with one attached hydrogen (secondary N) is 1. The predicted molar refractivity (Wildman–Crippen MR) is 126 cm³/mol. The van der Waals surface area contributed by atoms with Crippen LogP contribution in [0.1, 0.15) is 108 Å². The van der Waals surface area contributed by atoms with Gasteiger partial charge in [0.05, 0.1) is 12.8 Å². The topological polar surface area (TPSA) is 84.7 Å². The molecule has 2 aliphatic carbocycles. The Hall–Kier alpha value is -2.05. The Morgan fingerprint density at radius 1 is 1.03 bits per heavy atom. The lowest BCUT2D eigenvalue weighted by Gasteiger charge is -2.35. The molecule has 2 saturated carbocycles. The van der Waals surface area contributed by atoms with E-state index in [2.05, 4.69) is 5.32 Å². The fraction of sp³-hybridized carbons (Fsp3) is 0.808. The van der Waals surface area contributed by atoms with Crippen molar-refractivity contribution in [3.05, 3.63) is 17.8 Å². The average Bonchev–Trinajstić information content (AvgIpc) is 3.52. The molecule has 33 heavy (non-hydrogen) atoms. The van der Waals surface area contributed by atoms with E-state index in [1.165, 1.54) is 64.9 Å². The van der Waals surface area contributed by atoms with E-state index < -0.39 is 12.1 Å². The smallest absolute Gasteiger partial charge is 0.407 e. The van der Waals surface area contributed by atoms with Gasteiger partial charge in [0, 0.05) is 12.5 Å². The van der Waals surface area contributed by atoms with Crippen molar-refractivity contribution < 1.29 is 18.7 Å². The lowest BCUT2D eigenvalue weighted by molar-refractivity contribution is -0.135. The molecular weight excluding hydrogens is 418 g/mol. The zero-order valence-corrected chi connectivity index (χ0v) is 20.6. The summed E-state index contributed by atoms with van der Waals surface area (Å²) in [6, 6.07) is -0.784. The van der Waals surface area contributed by atoms with Gasteiger partial charge in [0.15, 0.2) is 0 Å². The molecule has 2 heterocycles. The van der Waals surface area contributed by atoms with Gasteiger partial charge in [-0.2, -0.15) is 0 Å². The largest absolute Gasteiger partial charge is 0.453 e. The second-order valence-corrected chi connectivity index (χ2v) is 10.7. The Morgan fingerprint density at radius 3 is 2.39 bits per heavy atom. The third kappa shape index (κ3) is 5.55. The summed E-state index contributed by atoms with van der Waals surface area (Å²) in [6.45, 7) is 4.51. The van der Waals surface area contributed by atoms with E-state index >= 15 is 0 Å². The Balaban J connectivity index is 1.38. The summed E-state index contributed by atoms with van der Waals surface area (Å²) in [6.07, 6.45) is 15.1. The second kappa shape index (κ2) is 10.9. The van der Waals surface area contributed by atoms with Gasteiger partial charge in [-0.05, 0) is 56.3 Å². The molecule has 0 radical (unpaired) electrons. The van der Waals surface area contributed by atoms with Crippen molar-refractivity contribution in [3.63, 3.8) is 0 Å². The first-order valence-corrected chi connectivity index (χ1v) is 13.1. The second-order valence-electron chi connectivity index (χ2n) is 10.7. The van der Waals surface area contributed by atoms with E-state index in [4.69, 9.17) is 14.1 Å². The van der Waals surface area contributed by atoms with E-state index in [1.807, 2.05) is 25.0 Å². The maximum absolute atomic E-state index is 13.3. The molecule has 7 nitrogen and oxygen atoms in total. The van der Waals surface area contributed by atoms with E-state index in [1.54, 1.807) is 0 Å². The van der Waals surface area contributed by atoms with Crippen molar-refractivity contribution in [3.8, 4) is 0 Å². The van der Waals surface area contributed by atoms with Gasteiger partial charge in [-0.3, -0.25) is 4.79 Å².